The molecule has 0 amide bonds. The van der Waals surface area contributed by atoms with Crippen molar-refractivity contribution in [3.05, 3.63) is 64.7 Å². The van der Waals surface area contributed by atoms with Crippen LogP contribution >= 0.6 is 11.6 Å². The summed E-state index contributed by atoms with van der Waals surface area (Å²) >= 11 is 5.96. The van der Waals surface area contributed by atoms with Gasteiger partial charge in [-0.3, -0.25) is 0 Å². The van der Waals surface area contributed by atoms with Crippen LogP contribution in [0.2, 0.25) is 5.02 Å². The summed E-state index contributed by atoms with van der Waals surface area (Å²) in [5.74, 6) is 0.704. The predicted octanol–water partition coefficient (Wildman–Crippen LogP) is 5.15. The van der Waals surface area contributed by atoms with E-state index < -0.39 is 0 Å². The molecule has 0 fully saturated rings. The van der Waals surface area contributed by atoms with E-state index in [1.54, 1.807) is 0 Å². The summed E-state index contributed by atoms with van der Waals surface area (Å²) in [5.41, 5.74) is 3.74. The number of halogens is 1. The van der Waals surface area contributed by atoms with Gasteiger partial charge in [-0.1, -0.05) is 55.8 Å². The maximum Gasteiger partial charge on any atom is 0.0426 e. The van der Waals surface area contributed by atoms with Crippen LogP contribution in [0.1, 0.15) is 25.0 Å². The van der Waals surface area contributed by atoms with Crippen LogP contribution in [0.3, 0.4) is 0 Å². The zero-order valence-electron chi connectivity index (χ0n) is 11.5. The van der Waals surface area contributed by atoms with Gasteiger partial charge in [0.1, 0.15) is 0 Å². The molecular formula is C17H20ClN. The van der Waals surface area contributed by atoms with Gasteiger partial charge in [-0.2, -0.15) is 0 Å². The van der Waals surface area contributed by atoms with Gasteiger partial charge < -0.3 is 5.32 Å². The van der Waals surface area contributed by atoms with Gasteiger partial charge in [-0.05, 0) is 41.7 Å². The van der Waals surface area contributed by atoms with E-state index in [1.165, 1.54) is 11.1 Å². The molecule has 100 valence electrons. The number of nitrogens with one attached hydrogen (secondary N) is 1. The monoisotopic (exact) mass is 273 g/mol. The lowest BCUT2D eigenvalue weighted by Crippen LogP contribution is -2.00. The van der Waals surface area contributed by atoms with Gasteiger partial charge in [0, 0.05) is 17.3 Å². The Morgan fingerprint density at radius 2 is 1.68 bits per heavy atom. The lowest BCUT2D eigenvalue weighted by molar-refractivity contribution is 0.647. The minimum Gasteiger partial charge on any atom is -0.381 e. The Labute approximate surface area is 120 Å². The SMILES string of the molecule is CC(C)Cc1ccc(CNc2cccc(Cl)c2)cc1. The topological polar surface area (TPSA) is 12.0 Å². The average molecular weight is 274 g/mol. The molecule has 0 aromatic heterocycles. The van der Waals surface area contributed by atoms with E-state index in [9.17, 15) is 0 Å². The molecule has 0 aliphatic rings. The zero-order valence-corrected chi connectivity index (χ0v) is 12.2. The highest BCUT2D eigenvalue weighted by molar-refractivity contribution is 6.30. The predicted molar refractivity (Wildman–Crippen MR) is 83.8 cm³/mol. The molecule has 0 saturated carbocycles. The van der Waals surface area contributed by atoms with Gasteiger partial charge in [-0.25, -0.2) is 0 Å². The third-order valence-electron chi connectivity index (χ3n) is 2.99. The first kappa shape index (κ1) is 14.0. The third-order valence-corrected chi connectivity index (χ3v) is 3.22. The number of hydrogen-bond donors (Lipinski definition) is 1. The van der Waals surface area contributed by atoms with E-state index >= 15 is 0 Å². The molecule has 2 heteroatoms. The second-order valence-corrected chi connectivity index (χ2v) is 5.71. The highest BCUT2D eigenvalue weighted by Crippen LogP contribution is 2.16. The lowest BCUT2D eigenvalue weighted by atomic mass is 10.0. The van der Waals surface area contributed by atoms with Crippen molar-refractivity contribution in [2.24, 2.45) is 5.92 Å². The summed E-state index contributed by atoms with van der Waals surface area (Å²) in [5, 5.41) is 4.14. The largest absolute Gasteiger partial charge is 0.381 e. The van der Waals surface area contributed by atoms with Crippen molar-refractivity contribution in [1.29, 1.82) is 0 Å². The maximum absolute atomic E-state index is 5.96. The zero-order chi connectivity index (χ0) is 13.7. The fourth-order valence-electron chi connectivity index (χ4n) is 2.07. The fourth-order valence-corrected chi connectivity index (χ4v) is 2.26. The molecule has 2 aromatic carbocycles. The van der Waals surface area contributed by atoms with Crippen molar-refractivity contribution in [2.45, 2.75) is 26.8 Å². The van der Waals surface area contributed by atoms with E-state index in [0.29, 0.717) is 5.92 Å². The second kappa shape index (κ2) is 6.63. The van der Waals surface area contributed by atoms with Gasteiger partial charge in [0.05, 0.1) is 0 Å². The molecule has 0 radical (unpaired) electrons. The Morgan fingerprint density at radius 3 is 2.32 bits per heavy atom. The van der Waals surface area contributed by atoms with Crippen molar-refractivity contribution in [1.82, 2.24) is 0 Å². The highest BCUT2D eigenvalue weighted by Gasteiger charge is 1.99. The van der Waals surface area contributed by atoms with Crippen LogP contribution in [0.4, 0.5) is 5.69 Å². The van der Waals surface area contributed by atoms with Crippen LogP contribution < -0.4 is 5.32 Å². The number of benzene rings is 2. The first-order valence-corrected chi connectivity index (χ1v) is 7.08. The van der Waals surface area contributed by atoms with E-state index in [0.717, 1.165) is 23.7 Å². The molecule has 0 bridgehead atoms. The number of anilines is 1. The molecule has 1 N–H and O–H groups in total. The molecular weight excluding hydrogens is 254 g/mol. The molecule has 0 unspecified atom stereocenters. The van der Waals surface area contributed by atoms with Crippen LogP contribution in [0, 0.1) is 5.92 Å². The highest BCUT2D eigenvalue weighted by atomic mass is 35.5. The summed E-state index contributed by atoms with van der Waals surface area (Å²) in [6.45, 7) is 5.31. The van der Waals surface area contributed by atoms with Gasteiger partial charge in [-0.15, -0.1) is 0 Å². The summed E-state index contributed by atoms with van der Waals surface area (Å²) in [7, 11) is 0. The van der Waals surface area contributed by atoms with Crippen LogP contribution in [-0.2, 0) is 13.0 Å². The first-order chi connectivity index (χ1) is 9.13. The van der Waals surface area contributed by atoms with Crippen molar-refractivity contribution in [2.75, 3.05) is 5.32 Å². The quantitative estimate of drug-likeness (QED) is 0.794. The molecule has 0 spiro atoms. The van der Waals surface area contributed by atoms with E-state index in [1.807, 2.05) is 24.3 Å². The molecule has 2 rings (SSSR count). The second-order valence-electron chi connectivity index (χ2n) is 5.28. The molecule has 0 atom stereocenters. The molecule has 1 nitrogen and oxygen atoms in total. The molecule has 0 aliphatic heterocycles. The van der Waals surface area contributed by atoms with Gasteiger partial charge in [0.2, 0.25) is 0 Å². The van der Waals surface area contributed by atoms with E-state index in [4.69, 9.17) is 11.6 Å². The van der Waals surface area contributed by atoms with Gasteiger partial charge >= 0.3 is 0 Å². The molecule has 0 aliphatic carbocycles. The smallest absolute Gasteiger partial charge is 0.0426 e. The van der Waals surface area contributed by atoms with Gasteiger partial charge in [0.15, 0.2) is 0 Å². The first-order valence-electron chi connectivity index (χ1n) is 6.71. The Balaban J connectivity index is 1.93. The van der Waals surface area contributed by atoms with Crippen LogP contribution in [0.5, 0.6) is 0 Å². The normalized spacial score (nSPS) is 10.7. The van der Waals surface area contributed by atoms with E-state index in [2.05, 4.69) is 43.4 Å². The number of rotatable bonds is 5. The third kappa shape index (κ3) is 4.60. The summed E-state index contributed by atoms with van der Waals surface area (Å²) in [6.07, 6.45) is 1.14. The van der Waals surface area contributed by atoms with Crippen molar-refractivity contribution in [3.8, 4) is 0 Å². The summed E-state index contributed by atoms with van der Waals surface area (Å²) in [4.78, 5) is 0. The standard InChI is InChI=1S/C17H20ClN/c1-13(2)10-14-6-8-15(9-7-14)12-19-17-5-3-4-16(18)11-17/h3-9,11,13,19H,10,12H2,1-2H3. The molecule has 19 heavy (non-hydrogen) atoms. The molecule has 0 heterocycles. The van der Waals surface area contributed by atoms with Crippen molar-refractivity contribution in [3.63, 3.8) is 0 Å². The lowest BCUT2D eigenvalue weighted by Gasteiger charge is -2.09. The minimum absolute atomic E-state index is 0.704. The Bertz CT molecular complexity index is 517. The number of hydrogen-bond acceptors (Lipinski definition) is 1. The van der Waals surface area contributed by atoms with Gasteiger partial charge in [0.25, 0.3) is 0 Å². The average Bonchev–Trinajstić information content (AvgIpc) is 2.37. The Morgan fingerprint density at radius 1 is 1.00 bits per heavy atom. The maximum atomic E-state index is 5.96. The van der Waals surface area contributed by atoms with Crippen LogP contribution in [0.25, 0.3) is 0 Å². The summed E-state index contributed by atoms with van der Waals surface area (Å²) < 4.78 is 0. The Hall–Kier alpha value is -1.47. The van der Waals surface area contributed by atoms with Crippen LogP contribution in [0.15, 0.2) is 48.5 Å². The van der Waals surface area contributed by atoms with Crippen molar-refractivity contribution >= 4 is 17.3 Å². The minimum atomic E-state index is 0.704. The Kier molecular flexibility index (Phi) is 4.86. The fraction of sp³-hybridized carbons (Fsp3) is 0.294. The van der Waals surface area contributed by atoms with E-state index in [-0.39, 0.29) is 0 Å². The molecule has 0 saturated heterocycles. The van der Waals surface area contributed by atoms with Crippen molar-refractivity contribution < 1.29 is 0 Å². The summed E-state index contributed by atoms with van der Waals surface area (Å²) in [6, 6.07) is 16.6. The van der Waals surface area contributed by atoms with Crippen LogP contribution in [-0.4, -0.2) is 0 Å². The molecule has 2 aromatic rings.